The van der Waals surface area contributed by atoms with E-state index >= 15 is 0 Å². The van der Waals surface area contributed by atoms with Gasteiger partial charge in [0.15, 0.2) is 0 Å². The first-order chi connectivity index (χ1) is 6.16. The highest BCUT2D eigenvalue weighted by atomic mass is 19.1. The number of hydrogen-bond acceptors (Lipinski definition) is 2. The molecule has 70 valence electrons. The fourth-order valence-corrected chi connectivity index (χ4v) is 1.84. The van der Waals surface area contributed by atoms with Crippen molar-refractivity contribution in [2.45, 2.75) is 12.6 Å². The van der Waals surface area contributed by atoms with E-state index in [9.17, 15) is 4.39 Å². The Morgan fingerprint density at radius 3 is 3.08 bits per heavy atom. The summed E-state index contributed by atoms with van der Waals surface area (Å²) < 4.78 is 12.9. The van der Waals surface area contributed by atoms with Crippen LogP contribution in [0.4, 0.5) is 4.39 Å². The van der Waals surface area contributed by atoms with Crippen LogP contribution >= 0.6 is 0 Å². The van der Waals surface area contributed by atoms with Crippen LogP contribution in [0.1, 0.15) is 17.2 Å². The van der Waals surface area contributed by atoms with E-state index in [0.717, 1.165) is 24.2 Å². The first-order valence-corrected chi connectivity index (χ1v) is 4.39. The van der Waals surface area contributed by atoms with Gasteiger partial charge in [-0.2, -0.15) is 0 Å². The molecule has 1 atom stereocenters. The Morgan fingerprint density at radius 2 is 2.31 bits per heavy atom. The van der Waals surface area contributed by atoms with E-state index in [1.807, 2.05) is 13.1 Å². The largest absolute Gasteiger partial charge is 0.323 e. The lowest BCUT2D eigenvalue weighted by molar-refractivity contribution is 0.282. The molecule has 0 saturated carbocycles. The molecule has 0 spiro atoms. The minimum atomic E-state index is -0.196. The van der Waals surface area contributed by atoms with Crippen LogP contribution in [0.2, 0.25) is 0 Å². The standard InChI is InChI=1S/C10H13FN2/c1-13-5-7-2-3-8(11)4-9(7)10(12)6-13/h2-4,10H,5-6,12H2,1H3. The molecule has 0 bridgehead atoms. The minimum Gasteiger partial charge on any atom is -0.323 e. The first kappa shape index (κ1) is 8.66. The Labute approximate surface area is 77.2 Å². The summed E-state index contributed by atoms with van der Waals surface area (Å²) in [6, 6.07) is 4.81. The van der Waals surface area contributed by atoms with Crippen molar-refractivity contribution in [3.63, 3.8) is 0 Å². The molecule has 2 N–H and O–H groups in total. The van der Waals surface area contributed by atoms with Crippen molar-refractivity contribution in [1.82, 2.24) is 4.90 Å². The first-order valence-electron chi connectivity index (χ1n) is 4.39. The SMILES string of the molecule is CN1Cc2ccc(F)cc2C(N)C1. The number of benzene rings is 1. The Bertz CT molecular complexity index is 325. The second-order valence-electron chi connectivity index (χ2n) is 3.65. The molecule has 2 nitrogen and oxygen atoms in total. The van der Waals surface area contributed by atoms with Gasteiger partial charge in [-0.15, -0.1) is 0 Å². The van der Waals surface area contributed by atoms with Gasteiger partial charge in [-0.25, -0.2) is 4.39 Å². The zero-order valence-corrected chi connectivity index (χ0v) is 7.63. The molecule has 0 radical (unpaired) electrons. The maximum Gasteiger partial charge on any atom is 0.123 e. The molecule has 1 aliphatic heterocycles. The summed E-state index contributed by atoms with van der Waals surface area (Å²) in [5.41, 5.74) is 8.00. The Balaban J connectivity index is 2.43. The smallest absolute Gasteiger partial charge is 0.123 e. The lowest BCUT2D eigenvalue weighted by Crippen LogP contribution is -2.34. The van der Waals surface area contributed by atoms with Crippen LogP contribution in [0, 0.1) is 5.82 Å². The molecular formula is C10H13FN2. The van der Waals surface area contributed by atoms with Crippen LogP contribution in [0.15, 0.2) is 18.2 Å². The highest BCUT2D eigenvalue weighted by Crippen LogP contribution is 2.24. The fraction of sp³-hybridized carbons (Fsp3) is 0.400. The quantitative estimate of drug-likeness (QED) is 0.651. The van der Waals surface area contributed by atoms with Gasteiger partial charge in [-0.1, -0.05) is 6.07 Å². The molecule has 1 heterocycles. The number of rotatable bonds is 0. The number of halogens is 1. The van der Waals surface area contributed by atoms with E-state index in [-0.39, 0.29) is 11.9 Å². The van der Waals surface area contributed by atoms with Gasteiger partial charge in [0.1, 0.15) is 5.82 Å². The van der Waals surface area contributed by atoms with Crippen LogP contribution in [0.3, 0.4) is 0 Å². The van der Waals surface area contributed by atoms with E-state index < -0.39 is 0 Å². The zero-order valence-electron chi connectivity index (χ0n) is 7.63. The lowest BCUT2D eigenvalue weighted by Gasteiger charge is -2.29. The van der Waals surface area contributed by atoms with Crippen molar-refractivity contribution < 1.29 is 4.39 Å². The second-order valence-corrected chi connectivity index (χ2v) is 3.65. The molecule has 2 rings (SSSR count). The van der Waals surface area contributed by atoms with E-state index in [0.29, 0.717) is 0 Å². The number of nitrogens with zero attached hydrogens (tertiary/aromatic N) is 1. The molecule has 13 heavy (non-hydrogen) atoms. The molecule has 0 aliphatic carbocycles. The highest BCUT2D eigenvalue weighted by Gasteiger charge is 2.20. The van der Waals surface area contributed by atoms with Crippen LogP contribution in [0.5, 0.6) is 0 Å². The van der Waals surface area contributed by atoms with Crippen LogP contribution < -0.4 is 5.73 Å². The monoisotopic (exact) mass is 180 g/mol. The molecule has 0 amide bonds. The molecule has 1 aromatic rings. The summed E-state index contributed by atoms with van der Waals surface area (Å²) in [5.74, 6) is -0.196. The van der Waals surface area contributed by atoms with Gasteiger partial charge in [0.2, 0.25) is 0 Å². The summed E-state index contributed by atoms with van der Waals surface area (Å²) in [7, 11) is 2.02. The Morgan fingerprint density at radius 1 is 1.54 bits per heavy atom. The molecule has 1 unspecified atom stereocenters. The second kappa shape index (κ2) is 3.09. The van der Waals surface area contributed by atoms with E-state index in [1.54, 1.807) is 6.07 Å². The highest BCUT2D eigenvalue weighted by molar-refractivity contribution is 5.32. The van der Waals surface area contributed by atoms with Crippen molar-refractivity contribution in [2.75, 3.05) is 13.6 Å². The predicted molar refractivity (Wildman–Crippen MR) is 49.7 cm³/mol. The Kier molecular flexibility index (Phi) is 2.06. The molecular weight excluding hydrogens is 167 g/mol. The third-order valence-corrected chi connectivity index (χ3v) is 2.46. The normalized spacial score (nSPS) is 22.8. The van der Waals surface area contributed by atoms with E-state index in [4.69, 9.17) is 5.73 Å². The van der Waals surface area contributed by atoms with Crippen molar-refractivity contribution in [1.29, 1.82) is 0 Å². The molecule has 0 aromatic heterocycles. The summed E-state index contributed by atoms with van der Waals surface area (Å²) in [4.78, 5) is 2.14. The molecule has 0 saturated heterocycles. The van der Waals surface area contributed by atoms with Crippen molar-refractivity contribution in [3.05, 3.63) is 35.1 Å². The maximum absolute atomic E-state index is 12.9. The Hall–Kier alpha value is -0.930. The van der Waals surface area contributed by atoms with Gasteiger partial charge >= 0.3 is 0 Å². The third-order valence-electron chi connectivity index (χ3n) is 2.46. The number of likely N-dealkylation sites (N-methyl/N-ethyl adjacent to an activating group) is 1. The maximum atomic E-state index is 12.9. The van der Waals surface area contributed by atoms with Gasteiger partial charge < -0.3 is 10.6 Å². The minimum absolute atomic E-state index is 0.0514. The number of nitrogens with two attached hydrogens (primary N) is 1. The molecule has 3 heteroatoms. The zero-order chi connectivity index (χ0) is 9.42. The third kappa shape index (κ3) is 1.57. The van der Waals surface area contributed by atoms with Crippen LogP contribution in [-0.4, -0.2) is 18.5 Å². The summed E-state index contributed by atoms with van der Waals surface area (Å²) in [5, 5.41) is 0. The van der Waals surface area contributed by atoms with E-state index in [1.165, 1.54) is 6.07 Å². The average molecular weight is 180 g/mol. The van der Waals surface area contributed by atoms with Crippen LogP contribution in [-0.2, 0) is 6.54 Å². The molecule has 1 aliphatic rings. The number of hydrogen-bond donors (Lipinski definition) is 1. The van der Waals surface area contributed by atoms with E-state index in [2.05, 4.69) is 4.90 Å². The van der Waals surface area contributed by atoms with Gasteiger partial charge in [-0.05, 0) is 30.3 Å². The van der Waals surface area contributed by atoms with Crippen molar-refractivity contribution in [2.24, 2.45) is 5.73 Å². The van der Waals surface area contributed by atoms with Gasteiger partial charge in [0.05, 0.1) is 0 Å². The summed E-state index contributed by atoms with van der Waals surface area (Å²) in [6.07, 6.45) is 0. The topological polar surface area (TPSA) is 29.3 Å². The van der Waals surface area contributed by atoms with Gasteiger partial charge in [-0.3, -0.25) is 0 Å². The average Bonchev–Trinajstić information content (AvgIpc) is 2.06. The van der Waals surface area contributed by atoms with Crippen molar-refractivity contribution >= 4 is 0 Å². The van der Waals surface area contributed by atoms with Crippen LogP contribution in [0.25, 0.3) is 0 Å². The number of fused-ring (bicyclic) bond motifs is 1. The predicted octanol–water partition coefficient (Wildman–Crippen LogP) is 1.27. The summed E-state index contributed by atoms with van der Waals surface area (Å²) >= 11 is 0. The van der Waals surface area contributed by atoms with Gasteiger partial charge in [0, 0.05) is 19.1 Å². The van der Waals surface area contributed by atoms with Gasteiger partial charge in [0.25, 0.3) is 0 Å². The molecule has 0 fully saturated rings. The molecule has 1 aromatic carbocycles. The van der Waals surface area contributed by atoms with Crippen molar-refractivity contribution in [3.8, 4) is 0 Å². The fourth-order valence-electron chi connectivity index (χ4n) is 1.84. The lowest BCUT2D eigenvalue weighted by atomic mass is 9.96. The summed E-state index contributed by atoms with van der Waals surface area (Å²) in [6.45, 7) is 1.67.